The summed E-state index contributed by atoms with van der Waals surface area (Å²) in [5.74, 6) is 1.79. The van der Waals surface area contributed by atoms with Crippen molar-refractivity contribution in [2.75, 3.05) is 18.6 Å². The molecule has 0 saturated carbocycles. The summed E-state index contributed by atoms with van der Waals surface area (Å²) in [6, 6.07) is 8.73. The van der Waals surface area contributed by atoms with E-state index in [-0.39, 0.29) is 21.7 Å². The molecule has 0 aromatic heterocycles. The van der Waals surface area contributed by atoms with E-state index in [9.17, 15) is 10.2 Å². The smallest absolute Gasteiger partial charge is 0.123 e. The summed E-state index contributed by atoms with van der Waals surface area (Å²) >= 11 is 1.82. The van der Waals surface area contributed by atoms with Crippen molar-refractivity contribution < 1.29 is 10.2 Å². The van der Waals surface area contributed by atoms with E-state index >= 15 is 0 Å². The lowest BCUT2D eigenvalue weighted by atomic mass is 9.78. The molecule has 3 nitrogen and oxygen atoms in total. The number of phenols is 2. The van der Waals surface area contributed by atoms with Gasteiger partial charge >= 0.3 is 0 Å². The van der Waals surface area contributed by atoms with Gasteiger partial charge in [0.1, 0.15) is 11.5 Å². The van der Waals surface area contributed by atoms with E-state index in [0.717, 1.165) is 34.6 Å². The Morgan fingerprint density at radius 2 is 0.946 bits per heavy atom. The van der Waals surface area contributed by atoms with Gasteiger partial charge in [0.05, 0.1) is 0 Å². The van der Waals surface area contributed by atoms with Crippen LogP contribution in [0.4, 0.5) is 0 Å². The normalized spacial score (nSPS) is 13.5. The number of hydrogen-bond donors (Lipinski definition) is 2. The minimum Gasteiger partial charge on any atom is -0.507 e. The van der Waals surface area contributed by atoms with E-state index < -0.39 is 0 Å². The lowest BCUT2D eigenvalue weighted by Gasteiger charge is -2.31. The average molecular weight is 528 g/mol. The Kier molecular flexibility index (Phi) is 9.57. The van der Waals surface area contributed by atoms with Gasteiger partial charge in [-0.1, -0.05) is 107 Å². The van der Waals surface area contributed by atoms with Gasteiger partial charge in [-0.05, 0) is 50.2 Å². The Morgan fingerprint density at radius 1 is 0.595 bits per heavy atom. The zero-order valence-electron chi connectivity index (χ0n) is 25.9. The van der Waals surface area contributed by atoms with Crippen LogP contribution in [0.25, 0.3) is 0 Å². The number of thioether (sulfide) groups is 1. The second-order valence-electron chi connectivity index (χ2n) is 14.8. The third-order valence-electron chi connectivity index (χ3n) is 7.13. The summed E-state index contributed by atoms with van der Waals surface area (Å²) in [5, 5.41) is 22.9. The molecule has 0 aliphatic carbocycles. The third kappa shape index (κ3) is 8.17. The molecule has 0 radical (unpaired) electrons. The van der Waals surface area contributed by atoms with Crippen molar-refractivity contribution >= 4 is 11.8 Å². The van der Waals surface area contributed by atoms with Gasteiger partial charge in [0, 0.05) is 36.5 Å². The van der Waals surface area contributed by atoms with E-state index in [1.807, 2.05) is 11.8 Å². The van der Waals surface area contributed by atoms with Crippen LogP contribution in [0.3, 0.4) is 0 Å². The largest absolute Gasteiger partial charge is 0.507 e. The summed E-state index contributed by atoms with van der Waals surface area (Å²) in [7, 11) is 0. The van der Waals surface area contributed by atoms with Crippen LogP contribution in [0.1, 0.15) is 116 Å². The molecule has 4 heteroatoms. The molecule has 0 atom stereocenters. The number of benzene rings is 2. The van der Waals surface area contributed by atoms with Gasteiger partial charge in [-0.2, -0.15) is 11.8 Å². The van der Waals surface area contributed by atoms with Crippen molar-refractivity contribution in [3.63, 3.8) is 0 Å². The molecule has 0 aliphatic rings. The van der Waals surface area contributed by atoms with Gasteiger partial charge in [-0.15, -0.1) is 0 Å². The first-order chi connectivity index (χ1) is 16.7. The highest BCUT2D eigenvalue weighted by molar-refractivity contribution is 7.98. The molecular weight excluding hydrogens is 474 g/mol. The number of aromatic hydroxyl groups is 2. The fourth-order valence-corrected chi connectivity index (χ4v) is 5.00. The van der Waals surface area contributed by atoms with Gasteiger partial charge in [0.25, 0.3) is 0 Å². The number of phenolic OH excluding ortho intramolecular Hbond substituents is 2. The molecule has 0 aliphatic heterocycles. The molecule has 0 fully saturated rings. The van der Waals surface area contributed by atoms with Crippen LogP contribution >= 0.6 is 11.8 Å². The maximum atomic E-state index is 11.4. The minimum absolute atomic E-state index is 0.0204. The van der Waals surface area contributed by atoms with Crippen LogP contribution in [-0.2, 0) is 34.7 Å². The molecule has 37 heavy (non-hydrogen) atoms. The fraction of sp³-hybridized carbons (Fsp3) is 0.636. The topological polar surface area (TPSA) is 43.7 Å². The summed E-state index contributed by atoms with van der Waals surface area (Å²) in [6.45, 7) is 28.5. The quantitative estimate of drug-likeness (QED) is 0.378. The summed E-state index contributed by atoms with van der Waals surface area (Å²) in [4.78, 5) is 2.37. The predicted octanol–water partition coefficient (Wildman–Crippen LogP) is 8.65. The van der Waals surface area contributed by atoms with Crippen molar-refractivity contribution in [3.05, 3.63) is 57.6 Å². The number of hydrogen-bond acceptors (Lipinski definition) is 4. The molecule has 0 amide bonds. The molecule has 0 spiro atoms. The maximum absolute atomic E-state index is 11.4. The van der Waals surface area contributed by atoms with Crippen LogP contribution in [-0.4, -0.2) is 33.7 Å². The van der Waals surface area contributed by atoms with Gasteiger partial charge in [0.15, 0.2) is 0 Å². The maximum Gasteiger partial charge on any atom is 0.123 e. The molecule has 0 bridgehead atoms. The van der Waals surface area contributed by atoms with Crippen LogP contribution in [0.5, 0.6) is 11.5 Å². The molecule has 2 aromatic carbocycles. The van der Waals surface area contributed by atoms with Crippen molar-refractivity contribution in [1.82, 2.24) is 4.90 Å². The molecule has 2 aromatic rings. The Bertz CT molecular complexity index is 992. The first kappa shape index (κ1) is 31.6. The zero-order valence-corrected chi connectivity index (χ0v) is 26.7. The molecule has 2 rings (SSSR count). The first-order valence-electron chi connectivity index (χ1n) is 13.6. The summed E-state index contributed by atoms with van der Waals surface area (Å²) in [5.41, 5.74) is 6.02. The van der Waals surface area contributed by atoms with Gasteiger partial charge in [0.2, 0.25) is 0 Å². The van der Waals surface area contributed by atoms with E-state index in [0.29, 0.717) is 24.6 Å². The van der Waals surface area contributed by atoms with Crippen molar-refractivity contribution in [3.8, 4) is 11.5 Å². The minimum atomic E-state index is -0.162. The number of nitrogens with zero attached hydrogens (tertiary/aromatic N) is 1. The third-order valence-corrected chi connectivity index (χ3v) is 7.72. The standard InChI is InChI=1S/C33H53NO2S/c1-30(2,3)24-16-22(28(35)26(18-24)32(7,8)9)20-34(14-15-37-13)21-23-17-25(31(4,5)6)19-27(29(23)36)33(10,11)12/h16-19,35-36H,14-15,20-21H2,1-13H3. The Labute approximate surface area is 232 Å². The molecule has 0 saturated heterocycles. The molecule has 0 heterocycles. The highest BCUT2D eigenvalue weighted by Gasteiger charge is 2.28. The lowest BCUT2D eigenvalue weighted by Crippen LogP contribution is -2.27. The average Bonchev–Trinajstić information content (AvgIpc) is 2.71. The highest BCUT2D eigenvalue weighted by Crippen LogP contribution is 2.40. The Hall–Kier alpha value is -1.65. The summed E-state index contributed by atoms with van der Waals surface area (Å²) < 4.78 is 0. The molecule has 0 unspecified atom stereocenters. The van der Waals surface area contributed by atoms with Crippen LogP contribution in [0, 0.1) is 0 Å². The monoisotopic (exact) mass is 527 g/mol. The second-order valence-corrected chi connectivity index (χ2v) is 15.8. The van der Waals surface area contributed by atoms with E-state index in [1.165, 1.54) is 11.1 Å². The first-order valence-corrected chi connectivity index (χ1v) is 15.0. The van der Waals surface area contributed by atoms with Crippen LogP contribution in [0.2, 0.25) is 0 Å². The fourth-order valence-electron chi connectivity index (χ4n) is 4.56. The molecule has 208 valence electrons. The van der Waals surface area contributed by atoms with E-state index in [1.54, 1.807) is 0 Å². The zero-order chi connectivity index (χ0) is 28.6. The van der Waals surface area contributed by atoms with Gasteiger partial charge in [-0.25, -0.2) is 0 Å². The van der Waals surface area contributed by atoms with E-state index in [2.05, 4.69) is 119 Å². The van der Waals surface area contributed by atoms with Gasteiger partial charge in [-0.3, -0.25) is 4.90 Å². The van der Waals surface area contributed by atoms with E-state index in [4.69, 9.17) is 0 Å². The summed E-state index contributed by atoms with van der Waals surface area (Å²) in [6.07, 6.45) is 2.13. The lowest BCUT2D eigenvalue weighted by molar-refractivity contribution is 0.264. The Morgan fingerprint density at radius 3 is 1.22 bits per heavy atom. The highest BCUT2D eigenvalue weighted by atomic mass is 32.2. The second kappa shape index (κ2) is 11.2. The van der Waals surface area contributed by atoms with Crippen molar-refractivity contribution in [2.24, 2.45) is 0 Å². The van der Waals surface area contributed by atoms with Crippen LogP contribution < -0.4 is 0 Å². The van der Waals surface area contributed by atoms with Crippen molar-refractivity contribution in [2.45, 2.75) is 118 Å². The molecular formula is C33H53NO2S. The predicted molar refractivity (Wildman–Crippen MR) is 164 cm³/mol. The molecule has 2 N–H and O–H groups in total. The van der Waals surface area contributed by atoms with Gasteiger partial charge < -0.3 is 10.2 Å². The number of rotatable bonds is 7. The van der Waals surface area contributed by atoms with Crippen molar-refractivity contribution in [1.29, 1.82) is 0 Å². The SMILES string of the molecule is CSCCN(Cc1cc(C(C)(C)C)cc(C(C)(C)C)c1O)Cc1cc(C(C)(C)C)cc(C(C)(C)C)c1O. The van der Waals surface area contributed by atoms with Crippen LogP contribution in [0.15, 0.2) is 24.3 Å². The Balaban J connectivity index is 2.63.